The van der Waals surface area contributed by atoms with Crippen molar-refractivity contribution in [2.45, 2.75) is 30.3 Å². The summed E-state index contributed by atoms with van der Waals surface area (Å²) in [6.07, 6.45) is -2.25. The number of hydrogen-bond donors (Lipinski definition) is 3. The second-order valence-corrected chi connectivity index (χ2v) is 3.69. The summed E-state index contributed by atoms with van der Waals surface area (Å²) >= 11 is 0. The Labute approximate surface area is 80.9 Å². The zero-order chi connectivity index (χ0) is 10.2. The molecule has 2 aliphatic rings. The maximum atomic E-state index is 9.59. The molecule has 0 aromatic heterocycles. The summed E-state index contributed by atoms with van der Waals surface area (Å²) in [6.45, 7) is 0.0988. The summed E-state index contributed by atoms with van der Waals surface area (Å²) in [4.78, 5) is 9.66. The van der Waals surface area contributed by atoms with Gasteiger partial charge in [-0.1, -0.05) is 0 Å². The van der Waals surface area contributed by atoms with Crippen LogP contribution in [0.4, 0.5) is 0 Å². The zero-order valence-electron chi connectivity index (χ0n) is 7.63. The van der Waals surface area contributed by atoms with Gasteiger partial charge >= 0.3 is 0 Å². The van der Waals surface area contributed by atoms with Gasteiger partial charge in [-0.3, -0.25) is 0 Å². The van der Waals surface area contributed by atoms with E-state index in [4.69, 9.17) is 14.5 Å². The molecule has 2 aliphatic heterocycles. The molecule has 4 atom stereocenters. The highest BCUT2D eigenvalue weighted by Crippen LogP contribution is 2.34. The van der Waals surface area contributed by atoms with E-state index < -0.39 is 23.9 Å². The van der Waals surface area contributed by atoms with E-state index >= 15 is 0 Å². The van der Waals surface area contributed by atoms with E-state index in [9.17, 15) is 15.3 Å². The Morgan fingerprint density at radius 2 is 2.14 bits per heavy atom. The van der Waals surface area contributed by atoms with E-state index in [2.05, 4.69) is 0 Å². The quantitative estimate of drug-likeness (QED) is 0.461. The van der Waals surface area contributed by atoms with Crippen molar-refractivity contribution in [3.05, 3.63) is 0 Å². The summed E-state index contributed by atoms with van der Waals surface area (Å²) in [5.41, 5.74) is -1.03. The molecule has 82 valence electrons. The first-order chi connectivity index (χ1) is 6.69. The Hall–Kier alpha value is -0.240. The van der Waals surface area contributed by atoms with Gasteiger partial charge < -0.3 is 20.1 Å². The predicted octanol–water partition coefficient (Wildman–Crippen LogP) is -1.81. The molecule has 3 N–H and O–H groups in total. The van der Waals surface area contributed by atoms with Crippen molar-refractivity contribution in [3.8, 4) is 0 Å². The molecule has 0 spiro atoms. The maximum Gasteiger partial charge on any atom is 0.157 e. The van der Waals surface area contributed by atoms with Crippen LogP contribution < -0.4 is 0 Å². The minimum Gasteiger partial charge on any atom is -0.393 e. The van der Waals surface area contributed by atoms with E-state index in [1.54, 1.807) is 0 Å². The summed E-state index contributed by atoms with van der Waals surface area (Å²) in [6, 6.07) is 0. The fraction of sp³-hybridized carbons (Fsp3) is 1.00. The fourth-order valence-corrected chi connectivity index (χ4v) is 1.86. The van der Waals surface area contributed by atoms with Crippen molar-refractivity contribution in [1.82, 2.24) is 0 Å². The molecular formula is C8H14O6. The number of rotatable bonds is 2. The van der Waals surface area contributed by atoms with Crippen molar-refractivity contribution in [1.29, 1.82) is 0 Å². The van der Waals surface area contributed by atoms with Gasteiger partial charge in [0.2, 0.25) is 0 Å². The first-order valence-electron chi connectivity index (χ1n) is 4.59. The molecule has 14 heavy (non-hydrogen) atoms. The van der Waals surface area contributed by atoms with Crippen LogP contribution in [-0.4, -0.2) is 59.1 Å². The van der Waals surface area contributed by atoms with Gasteiger partial charge in [0.1, 0.15) is 18.3 Å². The van der Waals surface area contributed by atoms with Crippen molar-refractivity contribution < 1.29 is 29.8 Å². The van der Waals surface area contributed by atoms with Crippen LogP contribution >= 0.6 is 0 Å². The number of aliphatic hydroxyl groups is 3. The largest absolute Gasteiger partial charge is 0.393 e. The molecule has 2 heterocycles. The SMILES string of the molecule is OC[C@@]1([C@H]2OC[C@H](O)[C@H]2O)CCOO1. The average Bonchev–Trinajstić information content (AvgIpc) is 2.77. The van der Waals surface area contributed by atoms with Gasteiger partial charge in [-0.2, -0.15) is 0 Å². The third-order valence-electron chi connectivity index (χ3n) is 2.77. The summed E-state index contributed by atoms with van der Waals surface area (Å²) in [5, 5.41) is 28.1. The smallest absolute Gasteiger partial charge is 0.157 e. The van der Waals surface area contributed by atoms with Gasteiger partial charge in [-0.15, -0.1) is 0 Å². The fourth-order valence-electron chi connectivity index (χ4n) is 1.86. The van der Waals surface area contributed by atoms with Crippen LogP contribution in [0.2, 0.25) is 0 Å². The Bertz CT molecular complexity index is 202. The number of aliphatic hydroxyl groups excluding tert-OH is 3. The maximum absolute atomic E-state index is 9.59. The Morgan fingerprint density at radius 3 is 2.57 bits per heavy atom. The summed E-state index contributed by atoms with van der Waals surface area (Å²) in [7, 11) is 0. The van der Waals surface area contributed by atoms with Crippen LogP contribution in [0.5, 0.6) is 0 Å². The lowest BCUT2D eigenvalue weighted by molar-refractivity contribution is -0.337. The molecule has 0 aromatic carbocycles. The normalized spacial score (nSPS) is 48.6. The lowest BCUT2D eigenvalue weighted by atomic mass is 9.90. The Balaban J connectivity index is 2.12. The number of hydrogen-bond acceptors (Lipinski definition) is 6. The van der Waals surface area contributed by atoms with Crippen molar-refractivity contribution in [2.75, 3.05) is 19.8 Å². The topological polar surface area (TPSA) is 88.4 Å². The second kappa shape index (κ2) is 3.73. The average molecular weight is 206 g/mol. The lowest BCUT2D eigenvalue weighted by Crippen LogP contribution is -2.51. The van der Waals surface area contributed by atoms with Gasteiger partial charge in [0.25, 0.3) is 0 Å². The van der Waals surface area contributed by atoms with Crippen LogP contribution in [-0.2, 0) is 14.5 Å². The van der Waals surface area contributed by atoms with Crippen LogP contribution in [0.3, 0.4) is 0 Å². The molecule has 0 saturated carbocycles. The first-order valence-corrected chi connectivity index (χ1v) is 4.59. The van der Waals surface area contributed by atoms with Crippen molar-refractivity contribution in [3.63, 3.8) is 0 Å². The molecule has 0 aromatic rings. The van der Waals surface area contributed by atoms with E-state index in [1.165, 1.54) is 0 Å². The molecule has 2 fully saturated rings. The highest BCUT2D eigenvalue weighted by molar-refractivity contribution is 4.99. The molecular weight excluding hydrogens is 192 g/mol. The van der Waals surface area contributed by atoms with E-state index in [1.807, 2.05) is 0 Å². The van der Waals surface area contributed by atoms with Gasteiger partial charge in [-0.05, 0) is 0 Å². The van der Waals surface area contributed by atoms with Crippen LogP contribution in [0.15, 0.2) is 0 Å². The van der Waals surface area contributed by atoms with Crippen molar-refractivity contribution in [2.24, 2.45) is 0 Å². The van der Waals surface area contributed by atoms with Crippen LogP contribution in [0.1, 0.15) is 6.42 Å². The molecule has 0 bridgehead atoms. The molecule has 2 rings (SSSR count). The second-order valence-electron chi connectivity index (χ2n) is 3.69. The van der Waals surface area contributed by atoms with E-state index in [0.29, 0.717) is 13.0 Å². The third kappa shape index (κ3) is 1.44. The van der Waals surface area contributed by atoms with Crippen LogP contribution in [0.25, 0.3) is 0 Å². The molecule has 2 saturated heterocycles. The van der Waals surface area contributed by atoms with Gasteiger partial charge in [0, 0.05) is 6.42 Å². The third-order valence-corrected chi connectivity index (χ3v) is 2.77. The molecule has 6 heteroatoms. The Morgan fingerprint density at radius 1 is 1.36 bits per heavy atom. The first kappa shape index (κ1) is 10.3. The highest BCUT2D eigenvalue weighted by Gasteiger charge is 2.53. The van der Waals surface area contributed by atoms with Gasteiger partial charge in [0.15, 0.2) is 5.60 Å². The predicted molar refractivity (Wildman–Crippen MR) is 43.2 cm³/mol. The lowest BCUT2D eigenvalue weighted by Gasteiger charge is -2.31. The van der Waals surface area contributed by atoms with Gasteiger partial charge in [0.05, 0.1) is 19.8 Å². The van der Waals surface area contributed by atoms with Crippen molar-refractivity contribution >= 4 is 0 Å². The molecule has 0 amide bonds. The minimum absolute atomic E-state index is 0.0525. The van der Waals surface area contributed by atoms with E-state index in [-0.39, 0.29) is 13.2 Å². The number of ether oxygens (including phenoxy) is 1. The minimum atomic E-state index is -1.04. The monoisotopic (exact) mass is 206 g/mol. The Kier molecular flexibility index (Phi) is 2.74. The zero-order valence-corrected chi connectivity index (χ0v) is 7.63. The molecule has 0 aliphatic carbocycles. The van der Waals surface area contributed by atoms with Crippen LogP contribution in [0, 0.1) is 0 Å². The highest BCUT2D eigenvalue weighted by atomic mass is 17.2. The molecule has 6 nitrogen and oxygen atoms in total. The summed E-state index contributed by atoms with van der Waals surface area (Å²) < 4.78 is 5.19. The summed E-state index contributed by atoms with van der Waals surface area (Å²) in [5.74, 6) is 0. The molecule has 0 radical (unpaired) electrons. The van der Waals surface area contributed by atoms with E-state index in [0.717, 1.165) is 0 Å². The molecule has 0 unspecified atom stereocenters. The standard InChI is InChI=1S/C8H14O6/c9-4-8(1-2-13-14-8)7-6(11)5(10)3-12-7/h5-7,9-11H,1-4H2/t5-,6+,7-,8+/m0/s1. The van der Waals surface area contributed by atoms with Gasteiger partial charge in [-0.25, -0.2) is 9.78 Å².